The molecule has 84 valence electrons. The summed E-state index contributed by atoms with van der Waals surface area (Å²) in [5.74, 6) is 0. The quantitative estimate of drug-likeness (QED) is 0.790. The average Bonchev–Trinajstić information content (AvgIpc) is 2.72. The number of hydrogen-bond acceptors (Lipinski definition) is 3. The minimum atomic E-state index is 0.618. The van der Waals surface area contributed by atoms with E-state index in [1.807, 2.05) is 17.9 Å². The molecule has 4 nitrogen and oxygen atoms in total. The average molecular weight is 208 g/mol. The summed E-state index contributed by atoms with van der Waals surface area (Å²) >= 11 is 0. The zero-order valence-electron chi connectivity index (χ0n) is 9.77. The summed E-state index contributed by atoms with van der Waals surface area (Å²) in [6, 6.07) is 3.38. The Balaban J connectivity index is 1.79. The molecule has 0 aromatic carbocycles. The van der Waals surface area contributed by atoms with Crippen molar-refractivity contribution >= 4 is 0 Å². The zero-order chi connectivity index (χ0) is 10.8. The van der Waals surface area contributed by atoms with Crippen LogP contribution >= 0.6 is 0 Å². The molecular formula is C11H20N4. The van der Waals surface area contributed by atoms with Crippen molar-refractivity contribution in [2.24, 2.45) is 7.05 Å². The van der Waals surface area contributed by atoms with E-state index in [2.05, 4.69) is 35.4 Å². The van der Waals surface area contributed by atoms with Crippen molar-refractivity contribution in [3.05, 3.63) is 18.0 Å². The Morgan fingerprint density at radius 1 is 1.53 bits per heavy atom. The van der Waals surface area contributed by atoms with Crippen LogP contribution < -0.4 is 5.32 Å². The number of nitrogens with one attached hydrogen (secondary N) is 1. The summed E-state index contributed by atoms with van der Waals surface area (Å²) in [6.07, 6.45) is 3.23. The lowest BCUT2D eigenvalue weighted by Gasteiger charge is -2.12. The summed E-state index contributed by atoms with van der Waals surface area (Å²) in [4.78, 5) is 2.40. The number of aryl methyl sites for hydroxylation is 1. The molecule has 2 atom stereocenters. The Labute approximate surface area is 91.3 Å². The van der Waals surface area contributed by atoms with Gasteiger partial charge in [0.15, 0.2) is 0 Å². The molecule has 0 radical (unpaired) electrons. The van der Waals surface area contributed by atoms with Crippen LogP contribution in [0.2, 0.25) is 0 Å². The van der Waals surface area contributed by atoms with Crippen molar-refractivity contribution in [3.8, 4) is 0 Å². The smallest absolute Gasteiger partial charge is 0.0762 e. The number of rotatable bonds is 3. The van der Waals surface area contributed by atoms with E-state index in [4.69, 9.17) is 0 Å². The number of nitrogens with zero attached hydrogens (tertiary/aromatic N) is 3. The lowest BCUT2D eigenvalue weighted by atomic mass is 10.2. The van der Waals surface area contributed by atoms with Crippen LogP contribution in [0.5, 0.6) is 0 Å². The molecule has 1 N–H and O–H groups in total. The molecule has 1 aromatic rings. The van der Waals surface area contributed by atoms with Crippen molar-refractivity contribution in [1.29, 1.82) is 0 Å². The molecule has 0 saturated carbocycles. The number of likely N-dealkylation sites (tertiary alicyclic amines) is 1. The highest BCUT2D eigenvalue weighted by Gasteiger charge is 2.25. The van der Waals surface area contributed by atoms with Crippen molar-refractivity contribution in [3.63, 3.8) is 0 Å². The molecule has 2 unspecified atom stereocenters. The first-order chi connectivity index (χ1) is 7.15. The van der Waals surface area contributed by atoms with Crippen molar-refractivity contribution < 1.29 is 0 Å². The van der Waals surface area contributed by atoms with E-state index in [1.165, 1.54) is 6.42 Å². The first-order valence-electron chi connectivity index (χ1n) is 5.57. The molecule has 15 heavy (non-hydrogen) atoms. The highest BCUT2D eigenvalue weighted by Crippen LogP contribution is 2.14. The highest BCUT2D eigenvalue weighted by molar-refractivity contribution is 4.99. The van der Waals surface area contributed by atoms with Gasteiger partial charge >= 0.3 is 0 Å². The van der Waals surface area contributed by atoms with E-state index < -0.39 is 0 Å². The SMILES string of the molecule is CC1CC(NCc2ccn(C)n2)CN1C. The maximum atomic E-state index is 4.35. The standard InChI is InChI=1S/C11H20N4/c1-9-6-11(8-14(9)2)12-7-10-4-5-15(3)13-10/h4-5,9,11-12H,6-8H2,1-3H3. The van der Waals surface area contributed by atoms with Gasteiger partial charge in [0, 0.05) is 38.4 Å². The topological polar surface area (TPSA) is 33.1 Å². The van der Waals surface area contributed by atoms with E-state index in [0.717, 1.165) is 18.8 Å². The Morgan fingerprint density at radius 3 is 2.87 bits per heavy atom. The summed E-state index contributed by atoms with van der Waals surface area (Å²) in [5.41, 5.74) is 1.12. The monoisotopic (exact) mass is 208 g/mol. The molecule has 0 bridgehead atoms. The van der Waals surface area contributed by atoms with Crippen molar-refractivity contribution in [2.45, 2.75) is 32.0 Å². The lowest BCUT2D eigenvalue weighted by Crippen LogP contribution is -2.31. The van der Waals surface area contributed by atoms with Gasteiger partial charge < -0.3 is 10.2 Å². The second-order valence-electron chi connectivity index (χ2n) is 4.58. The third-order valence-corrected chi connectivity index (χ3v) is 3.23. The van der Waals surface area contributed by atoms with Crippen LogP contribution in [0.15, 0.2) is 12.3 Å². The van der Waals surface area contributed by atoms with Crippen LogP contribution in [-0.2, 0) is 13.6 Å². The molecule has 1 aliphatic rings. The summed E-state index contributed by atoms with van der Waals surface area (Å²) in [6.45, 7) is 4.31. The number of hydrogen-bond donors (Lipinski definition) is 1. The van der Waals surface area contributed by atoms with E-state index in [0.29, 0.717) is 12.1 Å². The predicted octanol–water partition coefficient (Wildman–Crippen LogP) is 0.602. The van der Waals surface area contributed by atoms with E-state index in [9.17, 15) is 0 Å². The maximum absolute atomic E-state index is 4.35. The molecular weight excluding hydrogens is 188 g/mol. The molecule has 1 saturated heterocycles. The second-order valence-corrected chi connectivity index (χ2v) is 4.58. The maximum Gasteiger partial charge on any atom is 0.0762 e. The fourth-order valence-corrected chi connectivity index (χ4v) is 2.15. The lowest BCUT2D eigenvalue weighted by molar-refractivity contribution is 0.326. The largest absolute Gasteiger partial charge is 0.307 e. The van der Waals surface area contributed by atoms with Crippen LogP contribution in [0, 0.1) is 0 Å². The normalized spacial score (nSPS) is 27.4. The van der Waals surface area contributed by atoms with Crippen LogP contribution in [-0.4, -0.2) is 40.4 Å². The summed E-state index contributed by atoms with van der Waals surface area (Å²) in [7, 11) is 4.14. The Morgan fingerprint density at radius 2 is 2.33 bits per heavy atom. The minimum Gasteiger partial charge on any atom is -0.307 e. The van der Waals surface area contributed by atoms with Gasteiger partial charge in [0.05, 0.1) is 5.69 Å². The van der Waals surface area contributed by atoms with E-state index >= 15 is 0 Å². The zero-order valence-corrected chi connectivity index (χ0v) is 9.77. The van der Waals surface area contributed by atoms with Gasteiger partial charge in [-0.05, 0) is 26.5 Å². The van der Waals surface area contributed by atoms with Gasteiger partial charge in [-0.2, -0.15) is 5.10 Å². The van der Waals surface area contributed by atoms with E-state index in [-0.39, 0.29) is 0 Å². The van der Waals surface area contributed by atoms with Gasteiger partial charge in [-0.15, -0.1) is 0 Å². The van der Waals surface area contributed by atoms with Gasteiger partial charge in [-0.25, -0.2) is 0 Å². The number of likely N-dealkylation sites (N-methyl/N-ethyl adjacent to an activating group) is 1. The minimum absolute atomic E-state index is 0.618. The molecule has 0 spiro atoms. The molecule has 0 aliphatic carbocycles. The Kier molecular flexibility index (Phi) is 3.07. The molecule has 1 aromatic heterocycles. The van der Waals surface area contributed by atoms with Crippen LogP contribution in [0.25, 0.3) is 0 Å². The first kappa shape index (κ1) is 10.6. The van der Waals surface area contributed by atoms with Gasteiger partial charge in [0.25, 0.3) is 0 Å². The van der Waals surface area contributed by atoms with Crippen LogP contribution in [0.1, 0.15) is 19.0 Å². The summed E-state index contributed by atoms with van der Waals surface area (Å²) < 4.78 is 1.85. The fourth-order valence-electron chi connectivity index (χ4n) is 2.15. The highest BCUT2D eigenvalue weighted by atomic mass is 15.3. The molecule has 1 aliphatic heterocycles. The number of aromatic nitrogens is 2. The summed E-state index contributed by atoms with van der Waals surface area (Å²) in [5, 5.41) is 7.90. The Bertz CT molecular complexity index is 310. The fraction of sp³-hybridized carbons (Fsp3) is 0.727. The second kappa shape index (κ2) is 4.33. The van der Waals surface area contributed by atoms with Gasteiger partial charge in [0.1, 0.15) is 0 Å². The molecule has 2 rings (SSSR count). The van der Waals surface area contributed by atoms with Crippen LogP contribution in [0.3, 0.4) is 0 Å². The molecule has 4 heteroatoms. The van der Waals surface area contributed by atoms with Gasteiger partial charge in [-0.1, -0.05) is 0 Å². The molecule has 2 heterocycles. The predicted molar refractivity (Wildman–Crippen MR) is 60.5 cm³/mol. The van der Waals surface area contributed by atoms with Gasteiger partial charge in [0.2, 0.25) is 0 Å². The van der Waals surface area contributed by atoms with Gasteiger partial charge in [-0.3, -0.25) is 4.68 Å². The first-order valence-corrected chi connectivity index (χ1v) is 5.57. The Hall–Kier alpha value is -0.870. The third kappa shape index (κ3) is 2.58. The molecule has 1 fully saturated rings. The van der Waals surface area contributed by atoms with Crippen LogP contribution in [0.4, 0.5) is 0 Å². The van der Waals surface area contributed by atoms with Crippen molar-refractivity contribution in [2.75, 3.05) is 13.6 Å². The molecule has 0 amide bonds. The third-order valence-electron chi connectivity index (χ3n) is 3.23. The van der Waals surface area contributed by atoms with E-state index in [1.54, 1.807) is 0 Å². The van der Waals surface area contributed by atoms with Crippen molar-refractivity contribution in [1.82, 2.24) is 20.0 Å².